The quantitative estimate of drug-likeness (QED) is 0.821. The predicted molar refractivity (Wildman–Crippen MR) is 74.4 cm³/mol. The lowest BCUT2D eigenvalue weighted by molar-refractivity contribution is 0.0957. The van der Waals surface area contributed by atoms with E-state index in [1.165, 1.54) is 7.11 Å². The Morgan fingerprint density at radius 3 is 2.83 bits per heavy atom. The zero-order valence-electron chi connectivity index (χ0n) is 10.5. The molecule has 1 amide bonds. The van der Waals surface area contributed by atoms with Crippen LogP contribution in [0.3, 0.4) is 0 Å². The molecule has 4 nitrogen and oxygen atoms in total. The number of rotatable bonds is 6. The van der Waals surface area contributed by atoms with E-state index in [-0.39, 0.29) is 5.91 Å². The fourth-order valence-corrected chi connectivity index (χ4v) is 1.96. The fourth-order valence-electron chi connectivity index (χ4n) is 1.40. The van der Waals surface area contributed by atoms with Gasteiger partial charge < -0.3 is 14.8 Å². The van der Waals surface area contributed by atoms with Crippen molar-refractivity contribution in [3.8, 4) is 11.5 Å². The molecule has 0 aliphatic heterocycles. The Morgan fingerprint density at radius 2 is 2.28 bits per heavy atom. The van der Waals surface area contributed by atoms with Crippen LogP contribution < -0.4 is 14.8 Å². The molecule has 1 aromatic carbocycles. The summed E-state index contributed by atoms with van der Waals surface area (Å²) >= 11 is 3.37. The SMILES string of the molecule is C=CCNC(=O)c1cc(Br)c(OCC)c(OC)c1. The number of carbonyl (C=O) groups is 1. The summed E-state index contributed by atoms with van der Waals surface area (Å²) < 4.78 is 11.4. The normalized spacial score (nSPS) is 9.72. The third-order valence-corrected chi connectivity index (χ3v) is 2.78. The maximum absolute atomic E-state index is 11.8. The topological polar surface area (TPSA) is 47.6 Å². The van der Waals surface area contributed by atoms with Gasteiger partial charge in [-0.15, -0.1) is 6.58 Å². The molecule has 0 aliphatic carbocycles. The third kappa shape index (κ3) is 3.50. The van der Waals surface area contributed by atoms with Gasteiger partial charge in [-0.1, -0.05) is 6.08 Å². The van der Waals surface area contributed by atoms with Crippen molar-refractivity contribution in [2.24, 2.45) is 0 Å². The highest BCUT2D eigenvalue weighted by molar-refractivity contribution is 9.10. The number of benzene rings is 1. The Balaban J connectivity index is 3.05. The first-order valence-electron chi connectivity index (χ1n) is 5.53. The Bertz CT molecular complexity index is 446. The summed E-state index contributed by atoms with van der Waals surface area (Å²) in [5.41, 5.74) is 0.504. The van der Waals surface area contributed by atoms with Crippen LogP contribution in [0, 0.1) is 0 Å². The number of nitrogens with one attached hydrogen (secondary N) is 1. The van der Waals surface area contributed by atoms with Crippen molar-refractivity contribution in [1.82, 2.24) is 5.32 Å². The van der Waals surface area contributed by atoms with Crippen LogP contribution >= 0.6 is 15.9 Å². The number of hydrogen-bond acceptors (Lipinski definition) is 3. The number of carbonyl (C=O) groups excluding carboxylic acids is 1. The van der Waals surface area contributed by atoms with Gasteiger partial charge in [-0.2, -0.15) is 0 Å². The second-order valence-corrected chi connectivity index (χ2v) is 4.28. The van der Waals surface area contributed by atoms with Gasteiger partial charge in [0.25, 0.3) is 5.91 Å². The van der Waals surface area contributed by atoms with Gasteiger partial charge in [-0.05, 0) is 35.0 Å². The van der Waals surface area contributed by atoms with E-state index in [1.54, 1.807) is 18.2 Å². The molecule has 0 fully saturated rings. The monoisotopic (exact) mass is 313 g/mol. The first-order valence-corrected chi connectivity index (χ1v) is 6.32. The molecule has 0 aromatic heterocycles. The van der Waals surface area contributed by atoms with E-state index in [0.29, 0.717) is 34.7 Å². The summed E-state index contributed by atoms with van der Waals surface area (Å²) in [5, 5.41) is 2.70. The molecule has 0 unspecified atom stereocenters. The van der Waals surface area contributed by atoms with Crippen LogP contribution in [-0.2, 0) is 0 Å². The Labute approximate surface area is 115 Å². The Morgan fingerprint density at radius 1 is 1.56 bits per heavy atom. The van der Waals surface area contributed by atoms with Gasteiger partial charge in [0.05, 0.1) is 18.2 Å². The lowest BCUT2D eigenvalue weighted by atomic mass is 10.2. The first-order chi connectivity index (χ1) is 8.63. The summed E-state index contributed by atoms with van der Waals surface area (Å²) in [6.07, 6.45) is 1.62. The summed E-state index contributed by atoms with van der Waals surface area (Å²) in [4.78, 5) is 11.8. The first kappa shape index (κ1) is 14.6. The summed E-state index contributed by atoms with van der Waals surface area (Å²) in [5.74, 6) is 0.937. The van der Waals surface area contributed by atoms with E-state index in [2.05, 4.69) is 27.8 Å². The minimum Gasteiger partial charge on any atom is -0.493 e. The van der Waals surface area contributed by atoms with Gasteiger partial charge >= 0.3 is 0 Å². The predicted octanol–water partition coefficient (Wildman–Crippen LogP) is 2.77. The van der Waals surface area contributed by atoms with Crippen molar-refractivity contribution in [3.63, 3.8) is 0 Å². The van der Waals surface area contributed by atoms with E-state index in [4.69, 9.17) is 9.47 Å². The molecule has 0 spiro atoms. The molecular weight excluding hydrogens is 298 g/mol. The number of ether oxygens (including phenoxy) is 2. The number of methoxy groups -OCH3 is 1. The van der Waals surface area contributed by atoms with Gasteiger partial charge in [0.2, 0.25) is 0 Å². The van der Waals surface area contributed by atoms with Gasteiger partial charge in [-0.25, -0.2) is 0 Å². The van der Waals surface area contributed by atoms with E-state index in [9.17, 15) is 4.79 Å². The van der Waals surface area contributed by atoms with E-state index >= 15 is 0 Å². The van der Waals surface area contributed by atoms with Gasteiger partial charge in [0, 0.05) is 12.1 Å². The Kier molecular flexibility index (Phi) is 5.71. The van der Waals surface area contributed by atoms with E-state index in [1.807, 2.05) is 6.92 Å². The minimum absolute atomic E-state index is 0.183. The van der Waals surface area contributed by atoms with Crippen molar-refractivity contribution < 1.29 is 14.3 Å². The number of halogens is 1. The zero-order valence-corrected chi connectivity index (χ0v) is 12.0. The molecule has 98 valence electrons. The standard InChI is InChI=1S/C13H16BrNO3/c1-4-6-15-13(16)9-7-10(14)12(18-5-2)11(8-9)17-3/h4,7-8H,1,5-6H2,2-3H3,(H,15,16). The molecule has 0 atom stereocenters. The molecule has 0 heterocycles. The zero-order chi connectivity index (χ0) is 13.5. The molecule has 5 heteroatoms. The average Bonchev–Trinajstić information content (AvgIpc) is 2.38. The molecule has 1 rings (SSSR count). The molecule has 0 saturated heterocycles. The molecule has 18 heavy (non-hydrogen) atoms. The summed E-state index contributed by atoms with van der Waals surface area (Å²) in [6, 6.07) is 3.35. The van der Waals surface area contributed by atoms with Crippen molar-refractivity contribution in [3.05, 3.63) is 34.8 Å². The second kappa shape index (κ2) is 7.06. The lowest BCUT2D eigenvalue weighted by Gasteiger charge is -2.13. The molecule has 1 aromatic rings. The highest BCUT2D eigenvalue weighted by Gasteiger charge is 2.14. The van der Waals surface area contributed by atoms with E-state index < -0.39 is 0 Å². The number of hydrogen-bond donors (Lipinski definition) is 1. The molecular formula is C13H16BrNO3. The third-order valence-electron chi connectivity index (χ3n) is 2.19. The van der Waals surface area contributed by atoms with Crippen molar-refractivity contribution in [1.29, 1.82) is 0 Å². The summed E-state index contributed by atoms with van der Waals surface area (Å²) in [7, 11) is 1.54. The number of amides is 1. The molecule has 0 saturated carbocycles. The molecule has 0 aliphatic rings. The Hall–Kier alpha value is -1.49. The lowest BCUT2D eigenvalue weighted by Crippen LogP contribution is -2.23. The molecule has 0 radical (unpaired) electrons. The maximum atomic E-state index is 11.8. The fraction of sp³-hybridized carbons (Fsp3) is 0.308. The van der Waals surface area contributed by atoms with E-state index in [0.717, 1.165) is 0 Å². The van der Waals surface area contributed by atoms with Gasteiger partial charge in [-0.3, -0.25) is 4.79 Å². The van der Waals surface area contributed by atoms with Crippen molar-refractivity contribution in [2.75, 3.05) is 20.3 Å². The average molecular weight is 314 g/mol. The molecule has 0 bridgehead atoms. The van der Waals surface area contributed by atoms with Crippen LogP contribution in [0.2, 0.25) is 0 Å². The van der Waals surface area contributed by atoms with Crippen LogP contribution in [-0.4, -0.2) is 26.2 Å². The smallest absolute Gasteiger partial charge is 0.251 e. The van der Waals surface area contributed by atoms with Crippen LogP contribution in [0.4, 0.5) is 0 Å². The van der Waals surface area contributed by atoms with Crippen molar-refractivity contribution >= 4 is 21.8 Å². The van der Waals surface area contributed by atoms with Crippen LogP contribution in [0.15, 0.2) is 29.3 Å². The van der Waals surface area contributed by atoms with Gasteiger partial charge in [0.15, 0.2) is 11.5 Å². The van der Waals surface area contributed by atoms with Crippen LogP contribution in [0.5, 0.6) is 11.5 Å². The second-order valence-electron chi connectivity index (χ2n) is 3.42. The van der Waals surface area contributed by atoms with Crippen molar-refractivity contribution in [2.45, 2.75) is 6.92 Å². The molecule has 1 N–H and O–H groups in total. The van der Waals surface area contributed by atoms with Crippen LogP contribution in [0.1, 0.15) is 17.3 Å². The summed E-state index contributed by atoms with van der Waals surface area (Å²) in [6.45, 7) is 6.38. The van der Waals surface area contributed by atoms with Gasteiger partial charge in [0.1, 0.15) is 0 Å². The minimum atomic E-state index is -0.183. The highest BCUT2D eigenvalue weighted by Crippen LogP contribution is 2.36. The van der Waals surface area contributed by atoms with Crippen LogP contribution in [0.25, 0.3) is 0 Å². The highest BCUT2D eigenvalue weighted by atomic mass is 79.9. The maximum Gasteiger partial charge on any atom is 0.251 e. The largest absolute Gasteiger partial charge is 0.493 e.